The van der Waals surface area contributed by atoms with Crippen molar-refractivity contribution in [2.24, 2.45) is 5.92 Å². The highest BCUT2D eigenvalue weighted by atomic mass is 16.5. The Morgan fingerprint density at radius 2 is 1.71 bits per heavy atom. The summed E-state index contributed by atoms with van der Waals surface area (Å²) in [5, 5.41) is 8.14. The first-order chi connectivity index (χ1) is 6.74. The van der Waals surface area contributed by atoms with E-state index < -0.39 is 6.03 Å². The molecule has 0 aliphatic heterocycles. The smallest absolute Gasteiger partial charge is 0.287 e. The molecule has 1 aliphatic carbocycles. The third-order valence-corrected chi connectivity index (χ3v) is 2.38. The lowest BCUT2D eigenvalue weighted by molar-refractivity contribution is -0.126. The van der Waals surface area contributed by atoms with Crippen LogP contribution < -0.4 is 16.3 Å². The first-order valence-electron chi connectivity index (χ1n) is 4.74. The van der Waals surface area contributed by atoms with Gasteiger partial charge < -0.3 is 0 Å². The lowest BCUT2D eigenvalue weighted by Gasteiger charge is -2.20. The number of nitrogens with one attached hydrogen (secondary N) is 3. The Balaban J connectivity index is 2.23. The highest BCUT2D eigenvalue weighted by Gasteiger charge is 2.20. The molecular formula is C8H15N3O3. The molecule has 1 fully saturated rings. The minimum Gasteiger partial charge on any atom is -0.287 e. The summed E-state index contributed by atoms with van der Waals surface area (Å²) >= 11 is 0. The molecule has 6 heteroatoms. The molecule has 0 bridgehead atoms. The highest BCUT2D eigenvalue weighted by Crippen LogP contribution is 2.23. The summed E-state index contributed by atoms with van der Waals surface area (Å²) in [4.78, 5) is 21.9. The molecule has 0 aromatic carbocycles. The predicted molar refractivity (Wildman–Crippen MR) is 48.2 cm³/mol. The van der Waals surface area contributed by atoms with Gasteiger partial charge in [-0.15, -0.1) is 0 Å². The molecule has 0 saturated heterocycles. The van der Waals surface area contributed by atoms with Gasteiger partial charge in [0.1, 0.15) is 0 Å². The molecular weight excluding hydrogens is 186 g/mol. The molecule has 1 rings (SSSR count). The number of rotatable bonds is 1. The number of hydrogen-bond donors (Lipinski definition) is 4. The normalized spacial score (nSPS) is 17.2. The predicted octanol–water partition coefficient (Wildman–Crippen LogP) is 0.286. The standard InChI is InChI=1S/C8H15N3O3/c12-7(9-10-8(13)11-14)6-4-2-1-3-5-6/h6,14H,1-5H2,(H,9,12)(H2,10,11,13). The summed E-state index contributed by atoms with van der Waals surface area (Å²) in [6, 6.07) is -0.839. The van der Waals surface area contributed by atoms with E-state index in [-0.39, 0.29) is 11.8 Å². The van der Waals surface area contributed by atoms with Crippen molar-refractivity contribution in [1.29, 1.82) is 0 Å². The van der Waals surface area contributed by atoms with Gasteiger partial charge in [0.15, 0.2) is 0 Å². The van der Waals surface area contributed by atoms with Crippen molar-refractivity contribution in [3.8, 4) is 0 Å². The SMILES string of the molecule is O=C(NO)NNC(=O)C1CCCCC1. The van der Waals surface area contributed by atoms with Crippen molar-refractivity contribution in [2.45, 2.75) is 32.1 Å². The lowest BCUT2D eigenvalue weighted by Crippen LogP contribution is -2.48. The first kappa shape index (κ1) is 10.8. The maximum atomic E-state index is 11.4. The van der Waals surface area contributed by atoms with Gasteiger partial charge in [-0.05, 0) is 12.8 Å². The maximum absolute atomic E-state index is 11.4. The quantitative estimate of drug-likeness (QED) is 0.363. The van der Waals surface area contributed by atoms with Gasteiger partial charge in [-0.1, -0.05) is 19.3 Å². The summed E-state index contributed by atoms with van der Waals surface area (Å²) in [7, 11) is 0. The van der Waals surface area contributed by atoms with Crippen molar-refractivity contribution < 1.29 is 14.8 Å². The van der Waals surface area contributed by atoms with Crippen LogP contribution in [0.4, 0.5) is 4.79 Å². The fourth-order valence-corrected chi connectivity index (χ4v) is 1.61. The van der Waals surface area contributed by atoms with Crippen LogP contribution in [-0.4, -0.2) is 17.1 Å². The van der Waals surface area contributed by atoms with Crippen molar-refractivity contribution in [2.75, 3.05) is 0 Å². The van der Waals surface area contributed by atoms with Crippen LogP contribution in [0.25, 0.3) is 0 Å². The van der Waals surface area contributed by atoms with Crippen LogP contribution in [0, 0.1) is 5.92 Å². The first-order valence-corrected chi connectivity index (χ1v) is 4.74. The van der Waals surface area contributed by atoms with Crippen LogP contribution in [0.1, 0.15) is 32.1 Å². The zero-order valence-electron chi connectivity index (χ0n) is 7.88. The Hall–Kier alpha value is -1.30. The summed E-state index contributed by atoms with van der Waals surface area (Å²) in [5.74, 6) is -0.198. The highest BCUT2D eigenvalue weighted by molar-refractivity contribution is 5.82. The topological polar surface area (TPSA) is 90.5 Å². The Labute approximate surface area is 82.0 Å². The minimum absolute atomic E-state index is 0.0113. The van der Waals surface area contributed by atoms with Crippen LogP contribution in [-0.2, 0) is 4.79 Å². The largest absolute Gasteiger partial charge is 0.357 e. The number of urea groups is 1. The molecule has 6 nitrogen and oxygen atoms in total. The van der Waals surface area contributed by atoms with Crippen molar-refractivity contribution in [3.63, 3.8) is 0 Å². The van der Waals surface area contributed by atoms with E-state index in [9.17, 15) is 9.59 Å². The number of amides is 3. The molecule has 80 valence electrons. The summed E-state index contributed by atoms with van der Waals surface area (Å²) in [5.41, 5.74) is 5.63. The van der Waals surface area contributed by atoms with Gasteiger partial charge in [0.25, 0.3) is 0 Å². The van der Waals surface area contributed by atoms with Gasteiger partial charge in [0, 0.05) is 5.92 Å². The third-order valence-electron chi connectivity index (χ3n) is 2.38. The molecule has 0 atom stereocenters. The van der Waals surface area contributed by atoms with Gasteiger partial charge in [-0.3, -0.25) is 15.4 Å². The van der Waals surface area contributed by atoms with E-state index in [1.54, 1.807) is 0 Å². The molecule has 0 radical (unpaired) electrons. The van der Waals surface area contributed by atoms with Crippen LogP contribution in [0.15, 0.2) is 0 Å². The summed E-state index contributed by atoms with van der Waals surface area (Å²) < 4.78 is 0. The second-order valence-electron chi connectivity index (χ2n) is 3.39. The van der Waals surface area contributed by atoms with Gasteiger partial charge in [0.2, 0.25) is 5.91 Å². The number of carbonyl (C=O) groups is 2. The Morgan fingerprint density at radius 1 is 1.07 bits per heavy atom. The zero-order valence-corrected chi connectivity index (χ0v) is 7.88. The zero-order chi connectivity index (χ0) is 10.4. The number of hydroxylamine groups is 1. The number of hydrogen-bond acceptors (Lipinski definition) is 3. The molecule has 0 aromatic heterocycles. The molecule has 0 spiro atoms. The van der Waals surface area contributed by atoms with E-state index >= 15 is 0 Å². The van der Waals surface area contributed by atoms with Crippen LogP contribution in [0.2, 0.25) is 0 Å². The maximum Gasteiger partial charge on any atom is 0.357 e. The Morgan fingerprint density at radius 3 is 2.29 bits per heavy atom. The minimum atomic E-state index is -0.839. The van der Waals surface area contributed by atoms with E-state index in [0.29, 0.717) is 0 Å². The van der Waals surface area contributed by atoms with Gasteiger partial charge in [-0.2, -0.15) is 0 Å². The molecule has 0 aromatic rings. The second-order valence-corrected chi connectivity index (χ2v) is 3.39. The third kappa shape index (κ3) is 3.21. The molecule has 0 heterocycles. The van der Waals surface area contributed by atoms with E-state index in [2.05, 4.69) is 5.43 Å². The van der Waals surface area contributed by atoms with Crippen molar-refractivity contribution in [3.05, 3.63) is 0 Å². The number of hydrazine groups is 1. The second kappa shape index (κ2) is 5.43. The van der Waals surface area contributed by atoms with E-state index in [0.717, 1.165) is 25.7 Å². The van der Waals surface area contributed by atoms with E-state index in [1.807, 2.05) is 5.43 Å². The molecule has 1 aliphatic rings. The Bertz CT molecular complexity index is 214. The average Bonchev–Trinajstić information content (AvgIpc) is 2.26. The van der Waals surface area contributed by atoms with Gasteiger partial charge in [0.05, 0.1) is 0 Å². The monoisotopic (exact) mass is 201 g/mol. The number of carbonyl (C=O) groups excluding carboxylic acids is 2. The van der Waals surface area contributed by atoms with Gasteiger partial charge >= 0.3 is 6.03 Å². The summed E-state index contributed by atoms with van der Waals surface area (Å²) in [6.07, 6.45) is 5.03. The van der Waals surface area contributed by atoms with E-state index in [1.165, 1.54) is 11.9 Å². The lowest BCUT2D eigenvalue weighted by atomic mass is 9.89. The van der Waals surface area contributed by atoms with Crippen molar-refractivity contribution >= 4 is 11.9 Å². The molecule has 1 saturated carbocycles. The van der Waals surface area contributed by atoms with Crippen LogP contribution >= 0.6 is 0 Å². The molecule has 14 heavy (non-hydrogen) atoms. The fourth-order valence-electron chi connectivity index (χ4n) is 1.61. The van der Waals surface area contributed by atoms with E-state index in [4.69, 9.17) is 5.21 Å². The Kier molecular flexibility index (Phi) is 4.18. The van der Waals surface area contributed by atoms with Crippen molar-refractivity contribution in [1.82, 2.24) is 16.3 Å². The van der Waals surface area contributed by atoms with Gasteiger partial charge in [-0.25, -0.2) is 15.7 Å². The average molecular weight is 201 g/mol. The fraction of sp³-hybridized carbons (Fsp3) is 0.750. The molecule has 3 amide bonds. The molecule has 0 unspecified atom stereocenters. The van der Waals surface area contributed by atoms with Crippen LogP contribution in [0.5, 0.6) is 0 Å². The molecule has 4 N–H and O–H groups in total. The summed E-state index contributed by atoms with van der Waals surface area (Å²) in [6.45, 7) is 0. The van der Waals surface area contributed by atoms with Crippen LogP contribution in [0.3, 0.4) is 0 Å².